The second-order valence-corrected chi connectivity index (χ2v) is 13.9. The predicted molar refractivity (Wildman–Crippen MR) is 142 cm³/mol. The van der Waals surface area contributed by atoms with Crippen LogP contribution in [0.5, 0.6) is 0 Å². The van der Waals surface area contributed by atoms with Gasteiger partial charge in [0, 0.05) is 28.5 Å². The van der Waals surface area contributed by atoms with Gasteiger partial charge in [-0.2, -0.15) is 8.42 Å². The highest BCUT2D eigenvalue weighted by atomic mass is 32.2. The number of carbonyl (C=O) groups excluding carboxylic acids is 3. The molecule has 2 aliphatic carbocycles. The topological polar surface area (TPSA) is 112 Å². The molecule has 2 saturated carbocycles. The third-order valence-corrected chi connectivity index (χ3v) is 11.7. The van der Waals surface area contributed by atoms with Crippen molar-refractivity contribution in [2.75, 3.05) is 19.6 Å². The van der Waals surface area contributed by atoms with Crippen LogP contribution < -0.4 is 0 Å². The van der Waals surface area contributed by atoms with E-state index in [4.69, 9.17) is 4.55 Å². The van der Waals surface area contributed by atoms with Crippen molar-refractivity contribution in [3.05, 3.63) is 47.5 Å². The minimum atomic E-state index is -4.24. The van der Waals surface area contributed by atoms with E-state index in [-0.39, 0.29) is 35.0 Å². The maximum atomic E-state index is 13.1. The van der Waals surface area contributed by atoms with Crippen molar-refractivity contribution < 1.29 is 27.4 Å². The number of ketones is 1. The Morgan fingerprint density at radius 3 is 1.89 bits per heavy atom. The number of carbonyl (C=O) groups is 3. The number of Topliss-reactive ketones (excluding diaryl/α,β-unsaturated/α-hetero) is 1. The van der Waals surface area contributed by atoms with E-state index in [9.17, 15) is 22.8 Å². The normalized spacial score (nSPS) is 35.0. The number of amides is 2. The molecule has 4 unspecified atom stereocenters. The molecule has 3 saturated heterocycles. The Labute approximate surface area is 223 Å². The average Bonchev–Trinajstić information content (AvgIpc) is 3.20. The van der Waals surface area contributed by atoms with Gasteiger partial charge in [0.2, 0.25) is 0 Å². The molecule has 4 heterocycles. The number of imide groups is 1. The Balaban J connectivity index is 0.000000153. The number of hydrogen-bond donors (Lipinski definition) is 1. The van der Waals surface area contributed by atoms with E-state index in [1.54, 1.807) is 4.90 Å². The fraction of sp³-hybridized carbons (Fsp3) is 0.552. The summed E-state index contributed by atoms with van der Waals surface area (Å²) >= 11 is 0. The summed E-state index contributed by atoms with van der Waals surface area (Å²) in [7, 11) is -4.24. The fourth-order valence-corrected chi connectivity index (χ4v) is 9.35. The molecule has 6 aliphatic rings. The number of fused-ring (bicyclic) bond motifs is 5. The zero-order valence-electron chi connectivity index (χ0n) is 22.0. The number of hydrogen-bond acceptors (Lipinski definition) is 6. The quantitative estimate of drug-likeness (QED) is 0.457. The fourth-order valence-electron chi connectivity index (χ4n) is 7.92. The summed E-state index contributed by atoms with van der Waals surface area (Å²) in [4.78, 5) is 42.1. The van der Waals surface area contributed by atoms with Gasteiger partial charge in [0.25, 0.3) is 21.9 Å². The van der Waals surface area contributed by atoms with Gasteiger partial charge in [-0.05, 0) is 73.5 Å². The lowest BCUT2D eigenvalue weighted by Crippen LogP contribution is -2.60. The molecule has 38 heavy (non-hydrogen) atoms. The second-order valence-electron chi connectivity index (χ2n) is 12.4. The Bertz CT molecular complexity index is 1420. The van der Waals surface area contributed by atoms with E-state index < -0.39 is 20.8 Å². The van der Waals surface area contributed by atoms with Crippen molar-refractivity contribution in [3.8, 4) is 0 Å². The first-order valence-corrected chi connectivity index (χ1v) is 15.0. The Kier molecular flexibility index (Phi) is 5.69. The van der Waals surface area contributed by atoms with Crippen molar-refractivity contribution >= 4 is 38.5 Å². The predicted octanol–water partition coefficient (Wildman–Crippen LogP) is 3.80. The third-order valence-electron chi connectivity index (χ3n) is 10.5. The van der Waals surface area contributed by atoms with E-state index in [0.717, 1.165) is 49.7 Å². The lowest BCUT2D eigenvalue weighted by Gasteiger charge is -2.49. The number of benzene rings is 2. The number of nitrogens with zero attached hydrogens (tertiary/aromatic N) is 2. The molecule has 202 valence electrons. The van der Waals surface area contributed by atoms with Crippen molar-refractivity contribution in [2.45, 2.75) is 57.7 Å². The molecule has 2 aromatic carbocycles. The van der Waals surface area contributed by atoms with E-state index in [1.165, 1.54) is 0 Å². The largest absolute Gasteiger partial charge is 0.301 e. The molecule has 0 aromatic heterocycles. The summed E-state index contributed by atoms with van der Waals surface area (Å²) in [5, 5.41) is 0.601. The number of rotatable bonds is 2. The highest BCUT2D eigenvalue weighted by Crippen LogP contribution is 2.64. The second kappa shape index (κ2) is 8.44. The van der Waals surface area contributed by atoms with Gasteiger partial charge in [-0.25, -0.2) is 0 Å². The molecule has 4 aliphatic heterocycles. The molecular weight excluding hydrogens is 504 g/mol. The van der Waals surface area contributed by atoms with Gasteiger partial charge in [0.1, 0.15) is 5.25 Å². The summed E-state index contributed by atoms with van der Waals surface area (Å²) < 4.78 is 31.5. The van der Waals surface area contributed by atoms with Gasteiger partial charge in [0.05, 0.1) is 6.04 Å². The minimum Gasteiger partial charge on any atom is -0.301 e. The highest BCUT2D eigenvalue weighted by molar-refractivity contribution is 7.87. The molecule has 4 atom stereocenters. The van der Waals surface area contributed by atoms with Crippen LogP contribution in [0.2, 0.25) is 0 Å². The molecule has 0 spiro atoms. The Hall–Kier alpha value is -2.62. The monoisotopic (exact) mass is 538 g/mol. The van der Waals surface area contributed by atoms with Crippen LogP contribution in [0.1, 0.15) is 67.2 Å². The van der Waals surface area contributed by atoms with Crippen LogP contribution in [0.15, 0.2) is 36.4 Å². The van der Waals surface area contributed by atoms with Crippen molar-refractivity contribution in [2.24, 2.45) is 22.7 Å². The van der Waals surface area contributed by atoms with Crippen LogP contribution >= 0.6 is 0 Å². The molecule has 8 nitrogen and oxygen atoms in total. The summed E-state index contributed by atoms with van der Waals surface area (Å²) in [6.07, 6.45) is 3.62. The molecule has 4 bridgehead atoms. The SMILES string of the molecule is CC12CCC(C(S(=O)(=O)O)C1=O)C2(C)C.O=C1c2cccc3cccc(c23)C(=O)N1C1CN2CCC1CC2. The van der Waals surface area contributed by atoms with Crippen LogP contribution in [0.25, 0.3) is 10.8 Å². The molecule has 1 N–H and O–H groups in total. The molecular formula is C29H34N2O6S. The summed E-state index contributed by atoms with van der Waals surface area (Å²) in [6, 6.07) is 11.5. The van der Waals surface area contributed by atoms with E-state index in [1.807, 2.05) is 57.2 Å². The lowest BCUT2D eigenvalue weighted by atomic mass is 9.70. The van der Waals surface area contributed by atoms with Crippen LogP contribution in [0.4, 0.5) is 0 Å². The maximum Gasteiger partial charge on any atom is 0.275 e. The van der Waals surface area contributed by atoms with Gasteiger partial charge >= 0.3 is 0 Å². The first kappa shape index (κ1) is 25.6. The van der Waals surface area contributed by atoms with Crippen LogP contribution in [0, 0.1) is 22.7 Å². The minimum absolute atomic E-state index is 0.0288. The first-order valence-electron chi connectivity index (χ1n) is 13.5. The van der Waals surface area contributed by atoms with E-state index in [0.29, 0.717) is 23.5 Å². The molecule has 0 radical (unpaired) electrons. The third kappa shape index (κ3) is 3.47. The smallest absolute Gasteiger partial charge is 0.275 e. The van der Waals surface area contributed by atoms with Gasteiger partial charge in [-0.15, -0.1) is 0 Å². The number of piperidine rings is 3. The molecule has 2 aromatic rings. The summed E-state index contributed by atoms with van der Waals surface area (Å²) in [5.41, 5.74) is 0.436. The van der Waals surface area contributed by atoms with Crippen LogP contribution in [-0.4, -0.2) is 71.3 Å². The zero-order chi connectivity index (χ0) is 27.2. The van der Waals surface area contributed by atoms with E-state index in [2.05, 4.69) is 4.90 Å². The Morgan fingerprint density at radius 2 is 1.47 bits per heavy atom. The van der Waals surface area contributed by atoms with Gasteiger partial charge in [-0.1, -0.05) is 45.0 Å². The lowest BCUT2D eigenvalue weighted by molar-refractivity contribution is -0.128. The molecule has 8 rings (SSSR count). The molecule has 2 amide bonds. The maximum absolute atomic E-state index is 13.1. The highest BCUT2D eigenvalue weighted by Gasteiger charge is 2.69. The zero-order valence-corrected chi connectivity index (χ0v) is 22.8. The summed E-state index contributed by atoms with van der Waals surface area (Å²) in [6.45, 7) is 8.70. The van der Waals surface area contributed by atoms with Crippen LogP contribution in [0.3, 0.4) is 0 Å². The van der Waals surface area contributed by atoms with Gasteiger partial charge in [-0.3, -0.25) is 23.8 Å². The van der Waals surface area contributed by atoms with Crippen molar-refractivity contribution in [1.29, 1.82) is 0 Å². The van der Waals surface area contributed by atoms with Crippen molar-refractivity contribution in [1.82, 2.24) is 9.80 Å². The molecule has 5 fully saturated rings. The standard InChI is InChI=1S/C19H18N2O2.C10H16O4S/c22-18-14-5-1-3-13-4-2-6-15(17(13)14)19(23)21(18)16-11-20-9-7-12(16)8-10-20;1-9(2)6-4-5-10(9,3)8(11)7(6)15(12,13)14/h1-6,12,16H,7-11H2;6-7H,4-5H2,1-3H3,(H,12,13,14). The Morgan fingerprint density at radius 1 is 0.895 bits per heavy atom. The average molecular weight is 539 g/mol. The van der Waals surface area contributed by atoms with Crippen molar-refractivity contribution in [3.63, 3.8) is 0 Å². The van der Waals surface area contributed by atoms with E-state index >= 15 is 0 Å². The summed E-state index contributed by atoms with van der Waals surface area (Å²) in [5.74, 6) is -0.301. The molecule has 9 heteroatoms. The van der Waals surface area contributed by atoms with Crippen LogP contribution in [-0.2, 0) is 14.9 Å². The van der Waals surface area contributed by atoms with Gasteiger partial charge < -0.3 is 4.90 Å². The first-order chi connectivity index (χ1) is 17.9. The van der Waals surface area contributed by atoms with Gasteiger partial charge in [0.15, 0.2) is 5.78 Å².